The molecule has 6 heteroatoms. The number of fused-ring (bicyclic) bond motifs is 1. The van der Waals surface area contributed by atoms with Gasteiger partial charge >= 0.3 is 0 Å². The van der Waals surface area contributed by atoms with Crippen LogP contribution in [0.1, 0.15) is 28.9 Å². The third kappa shape index (κ3) is 3.34. The van der Waals surface area contributed by atoms with Crippen LogP contribution in [0.15, 0.2) is 41.8 Å². The van der Waals surface area contributed by atoms with E-state index >= 15 is 0 Å². The van der Waals surface area contributed by atoms with Crippen LogP contribution in [0.25, 0.3) is 10.2 Å². The highest BCUT2D eigenvalue weighted by molar-refractivity contribution is 7.17. The number of para-hydroxylation sites is 1. The summed E-state index contributed by atoms with van der Waals surface area (Å²) in [6.07, 6.45) is 2.22. The van der Waals surface area contributed by atoms with Crippen LogP contribution >= 0.6 is 11.3 Å². The Morgan fingerprint density at radius 2 is 2.27 bits per heavy atom. The van der Waals surface area contributed by atoms with Crippen molar-refractivity contribution in [1.29, 1.82) is 0 Å². The Balaban J connectivity index is 1.61. The van der Waals surface area contributed by atoms with Crippen LogP contribution in [-0.2, 0) is 11.3 Å². The fourth-order valence-corrected chi connectivity index (χ4v) is 4.26. The average molecular weight is 370 g/mol. The fourth-order valence-electron chi connectivity index (χ4n) is 3.44. The van der Waals surface area contributed by atoms with Gasteiger partial charge in [0, 0.05) is 18.7 Å². The van der Waals surface area contributed by atoms with Gasteiger partial charge in [-0.1, -0.05) is 18.2 Å². The van der Waals surface area contributed by atoms with Gasteiger partial charge in [0.05, 0.1) is 30.0 Å². The van der Waals surface area contributed by atoms with Crippen LogP contribution in [0.2, 0.25) is 0 Å². The molecule has 26 heavy (non-hydrogen) atoms. The van der Waals surface area contributed by atoms with E-state index in [0.717, 1.165) is 41.0 Å². The molecule has 136 valence electrons. The first-order valence-corrected chi connectivity index (χ1v) is 9.72. The molecular weight excluding hydrogens is 348 g/mol. The summed E-state index contributed by atoms with van der Waals surface area (Å²) < 4.78 is 14.3. The first-order chi connectivity index (χ1) is 12.8. The molecule has 1 aliphatic heterocycles. The van der Waals surface area contributed by atoms with Crippen molar-refractivity contribution in [3.63, 3.8) is 0 Å². The number of nitrogens with one attached hydrogen (secondary N) is 1. The first-order valence-electron chi connectivity index (χ1n) is 8.84. The van der Waals surface area contributed by atoms with Crippen molar-refractivity contribution >= 4 is 27.5 Å². The maximum atomic E-state index is 12.8. The van der Waals surface area contributed by atoms with Crippen LogP contribution in [0, 0.1) is 0 Å². The molecule has 0 bridgehead atoms. The Morgan fingerprint density at radius 3 is 3.08 bits per heavy atom. The Kier molecular flexibility index (Phi) is 4.95. The van der Waals surface area contributed by atoms with Gasteiger partial charge in [-0.25, -0.2) is 0 Å². The molecular formula is C20H22N2O3S. The van der Waals surface area contributed by atoms with Crippen LogP contribution in [0.5, 0.6) is 5.75 Å². The van der Waals surface area contributed by atoms with E-state index in [0.29, 0.717) is 18.8 Å². The first kappa shape index (κ1) is 17.1. The van der Waals surface area contributed by atoms with Crippen molar-refractivity contribution in [3.05, 3.63) is 53.0 Å². The molecule has 3 aromatic rings. The lowest BCUT2D eigenvalue weighted by Gasteiger charge is -2.14. The predicted octanol–water partition coefficient (Wildman–Crippen LogP) is 3.67. The predicted molar refractivity (Wildman–Crippen MR) is 103 cm³/mol. The molecule has 0 aliphatic carbocycles. The molecule has 0 unspecified atom stereocenters. The maximum absolute atomic E-state index is 12.8. The molecule has 1 saturated heterocycles. The Bertz CT molecular complexity index is 909. The van der Waals surface area contributed by atoms with Gasteiger partial charge in [0.15, 0.2) is 0 Å². The quantitative estimate of drug-likeness (QED) is 0.720. The average Bonchev–Trinajstić information content (AvgIpc) is 3.39. The molecule has 5 nitrogen and oxygen atoms in total. The minimum Gasteiger partial charge on any atom is -0.496 e. The third-order valence-electron chi connectivity index (χ3n) is 4.79. The number of thiophene rings is 1. The van der Waals surface area contributed by atoms with Crippen LogP contribution in [-0.4, -0.2) is 36.8 Å². The molecule has 0 radical (unpaired) electrons. The summed E-state index contributed by atoms with van der Waals surface area (Å²) >= 11 is 1.65. The highest BCUT2D eigenvalue weighted by Gasteiger charge is 2.20. The number of methoxy groups -OCH3 is 1. The summed E-state index contributed by atoms with van der Waals surface area (Å²) in [4.78, 5) is 12.8. The SMILES string of the molecule is COc1ccccc1Cn1c(C(=O)NC[C@@H]2CCCO2)cc2sccc21. The van der Waals surface area contributed by atoms with E-state index in [4.69, 9.17) is 9.47 Å². The molecule has 3 heterocycles. The van der Waals surface area contributed by atoms with Gasteiger partial charge in [-0.3, -0.25) is 4.79 Å². The summed E-state index contributed by atoms with van der Waals surface area (Å²) in [5.41, 5.74) is 2.80. The Morgan fingerprint density at radius 1 is 1.38 bits per heavy atom. The molecule has 2 aromatic heterocycles. The normalized spacial score (nSPS) is 16.9. The molecule has 1 fully saturated rings. The molecule has 1 N–H and O–H groups in total. The maximum Gasteiger partial charge on any atom is 0.268 e. The fraction of sp³-hybridized carbons (Fsp3) is 0.350. The number of nitrogens with zero attached hydrogens (tertiary/aromatic N) is 1. The second kappa shape index (κ2) is 7.51. The van der Waals surface area contributed by atoms with Crippen molar-refractivity contribution in [2.24, 2.45) is 0 Å². The summed E-state index contributed by atoms with van der Waals surface area (Å²) in [6.45, 7) is 1.94. The second-order valence-corrected chi connectivity index (χ2v) is 7.39. The van der Waals surface area contributed by atoms with E-state index in [-0.39, 0.29) is 12.0 Å². The summed E-state index contributed by atoms with van der Waals surface area (Å²) in [5.74, 6) is 0.772. The number of amides is 1. The van der Waals surface area contributed by atoms with E-state index in [2.05, 4.69) is 21.3 Å². The molecule has 0 saturated carbocycles. The number of carbonyl (C=O) groups is 1. The number of hydrogen-bond acceptors (Lipinski definition) is 4. The highest BCUT2D eigenvalue weighted by atomic mass is 32.1. The van der Waals surface area contributed by atoms with Crippen molar-refractivity contribution in [3.8, 4) is 5.75 Å². The molecule has 0 spiro atoms. The molecule has 1 aliphatic rings. The van der Waals surface area contributed by atoms with Crippen molar-refractivity contribution in [2.45, 2.75) is 25.5 Å². The van der Waals surface area contributed by atoms with Crippen LogP contribution in [0.3, 0.4) is 0 Å². The summed E-state index contributed by atoms with van der Waals surface area (Å²) in [6, 6.07) is 12.0. The molecule has 1 amide bonds. The van der Waals surface area contributed by atoms with Crippen molar-refractivity contribution in [2.75, 3.05) is 20.3 Å². The third-order valence-corrected chi connectivity index (χ3v) is 5.64. The number of carbonyl (C=O) groups excluding carboxylic acids is 1. The zero-order valence-corrected chi connectivity index (χ0v) is 15.6. The van der Waals surface area contributed by atoms with Gasteiger partial charge in [-0.15, -0.1) is 11.3 Å². The number of hydrogen-bond donors (Lipinski definition) is 1. The zero-order valence-electron chi connectivity index (χ0n) is 14.7. The molecule has 4 rings (SSSR count). The minimum atomic E-state index is -0.0567. The smallest absolute Gasteiger partial charge is 0.268 e. The minimum absolute atomic E-state index is 0.0567. The van der Waals surface area contributed by atoms with Gasteiger partial charge < -0.3 is 19.4 Å². The molecule has 1 atom stereocenters. The van der Waals surface area contributed by atoms with E-state index < -0.39 is 0 Å². The second-order valence-electron chi connectivity index (χ2n) is 6.44. The Labute approximate surface area is 156 Å². The van der Waals surface area contributed by atoms with E-state index in [1.807, 2.05) is 30.3 Å². The number of rotatable bonds is 6. The van der Waals surface area contributed by atoms with Crippen molar-refractivity contribution < 1.29 is 14.3 Å². The highest BCUT2D eigenvalue weighted by Crippen LogP contribution is 2.28. The lowest BCUT2D eigenvalue weighted by Crippen LogP contribution is -2.33. The van der Waals surface area contributed by atoms with Gasteiger partial charge in [0.1, 0.15) is 11.4 Å². The largest absolute Gasteiger partial charge is 0.496 e. The summed E-state index contributed by atoms with van der Waals surface area (Å²) in [7, 11) is 1.67. The topological polar surface area (TPSA) is 52.5 Å². The van der Waals surface area contributed by atoms with Crippen LogP contribution < -0.4 is 10.1 Å². The van der Waals surface area contributed by atoms with Crippen molar-refractivity contribution in [1.82, 2.24) is 9.88 Å². The van der Waals surface area contributed by atoms with Gasteiger partial charge in [-0.05, 0) is 36.4 Å². The lowest BCUT2D eigenvalue weighted by molar-refractivity contribution is 0.0851. The number of benzene rings is 1. The van der Waals surface area contributed by atoms with Gasteiger partial charge in [0.25, 0.3) is 5.91 Å². The molecule has 1 aromatic carbocycles. The zero-order chi connectivity index (χ0) is 17.9. The van der Waals surface area contributed by atoms with E-state index in [1.54, 1.807) is 18.4 Å². The summed E-state index contributed by atoms with van der Waals surface area (Å²) in [5, 5.41) is 5.09. The van der Waals surface area contributed by atoms with Gasteiger partial charge in [-0.2, -0.15) is 0 Å². The lowest BCUT2D eigenvalue weighted by atomic mass is 10.2. The van der Waals surface area contributed by atoms with E-state index in [1.165, 1.54) is 0 Å². The monoisotopic (exact) mass is 370 g/mol. The number of ether oxygens (including phenoxy) is 2. The van der Waals surface area contributed by atoms with E-state index in [9.17, 15) is 4.79 Å². The Hall–Kier alpha value is -2.31. The standard InChI is InChI=1S/C20H22N2O3S/c1-24-18-7-3-2-5-14(18)13-22-16-8-10-26-19(16)11-17(22)20(23)21-12-15-6-4-9-25-15/h2-3,5,7-8,10-11,15H,4,6,9,12-13H2,1H3,(H,21,23)/t15-/m0/s1. The van der Waals surface area contributed by atoms with Crippen LogP contribution in [0.4, 0.5) is 0 Å². The van der Waals surface area contributed by atoms with Gasteiger partial charge in [0.2, 0.25) is 0 Å². The number of aromatic nitrogens is 1.